The van der Waals surface area contributed by atoms with Gasteiger partial charge in [-0.1, -0.05) is 24.3 Å². The molecular weight excluding hydrogens is 303 g/mol. The highest BCUT2D eigenvalue weighted by Gasteiger charge is 2.20. The molecule has 20 heavy (non-hydrogen) atoms. The van der Waals surface area contributed by atoms with Gasteiger partial charge in [-0.25, -0.2) is 12.8 Å². The molecule has 0 saturated heterocycles. The molecular formula is C11H13FN4O2S2. The molecule has 0 saturated carbocycles. The van der Waals surface area contributed by atoms with Crippen molar-refractivity contribution < 1.29 is 12.8 Å². The zero-order valence-electron chi connectivity index (χ0n) is 10.6. The lowest BCUT2D eigenvalue weighted by atomic mass is 10.2. The van der Waals surface area contributed by atoms with E-state index in [-0.39, 0.29) is 10.0 Å². The zero-order chi connectivity index (χ0) is 14.6. The summed E-state index contributed by atoms with van der Waals surface area (Å²) in [6.07, 6.45) is 0. The maximum absolute atomic E-state index is 13.3. The Kier molecular flexibility index (Phi) is 4.63. The number of nitrogens with one attached hydrogen (secondary N) is 2. The van der Waals surface area contributed by atoms with Crippen molar-refractivity contribution in [1.82, 2.24) is 15.5 Å². The molecule has 2 rings (SSSR count). The second kappa shape index (κ2) is 6.25. The van der Waals surface area contributed by atoms with E-state index in [1.165, 1.54) is 17.6 Å². The van der Waals surface area contributed by atoms with Crippen LogP contribution in [0.25, 0.3) is 0 Å². The van der Waals surface area contributed by atoms with Crippen molar-refractivity contribution in [2.45, 2.75) is 18.4 Å². The van der Waals surface area contributed by atoms with Gasteiger partial charge in [-0.15, -0.1) is 10.2 Å². The predicted octanol–water partition coefficient (Wildman–Crippen LogP) is 1.59. The molecule has 9 heteroatoms. The Morgan fingerprint density at radius 3 is 2.85 bits per heavy atom. The van der Waals surface area contributed by atoms with Gasteiger partial charge in [-0.3, -0.25) is 4.72 Å². The molecule has 2 aromatic rings. The van der Waals surface area contributed by atoms with Crippen molar-refractivity contribution in [2.75, 3.05) is 11.3 Å². The third-order valence-corrected chi connectivity index (χ3v) is 4.62. The first-order chi connectivity index (χ1) is 9.53. The lowest BCUT2D eigenvalue weighted by molar-refractivity contribution is 0.590. The van der Waals surface area contributed by atoms with Crippen LogP contribution in [-0.2, 0) is 16.6 Å². The highest BCUT2D eigenvalue weighted by Crippen LogP contribution is 2.21. The number of anilines is 1. The fourth-order valence-corrected chi connectivity index (χ4v) is 3.52. The van der Waals surface area contributed by atoms with Crippen LogP contribution < -0.4 is 10.0 Å². The number of halogens is 1. The van der Waals surface area contributed by atoms with Gasteiger partial charge in [0, 0.05) is 6.54 Å². The van der Waals surface area contributed by atoms with E-state index >= 15 is 0 Å². The van der Waals surface area contributed by atoms with Crippen molar-refractivity contribution >= 4 is 26.5 Å². The van der Waals surface area contributed by atoms with Crippen molar-refractivity contribution in [3.8, 4) is 0 Å². The maximum Gasteiger partial charge on any atom is 0.264 e. The summed E-state index contributed by atoms with van der Waals surface area (Å²) in [5.74, 6) is -0.608. The number of nitrogens with zero attached hydrogens (tertiary/aromatic N) is 2. The number of benzene rings is 1. The van der Waals surface area contributed by atoms with Crippen LogP contribution in [-0.4, -0.2) is 25.2 Å². The topological polar surface area (TPSA) is 84.0 Å². The number of sulfonamides is 1. The summed E-state index contributed by atoms with van der Waals surface area (Å²) in [6, 6.07) is 3.68. The molecule has 2 N–H and O–H groups in total. The smallest absolute Gasteiger partial charge is 0.264 e. The summed E-state index contributed by atoms with van der Waals surface area (Å²) >= 11 is 1.05. The second-order valence-corrected chi connectivity index (χ2v) is 6.37. The number of rotatable bonds is 6. The second-order valence-electron chi connectivity index (χ2n) is 3.88. The van der Waals surface area contributed by atoms with E-state index in [0.717, 1.165) is 17.4 Å². The van der Waals surface area contributed by atoms with Crippen molar-refractivity contribution in [3.05, 3.63) is 35.1 Å². The Bertz CT molecular complexity index is 674. The highest BCUT2D eigenvalue weighted by atomic mass is 32.2. The number of hydrogen-bond donors (Lipinski definition) is 2. The Morgan fingerprint density at radius 1 is 1.40 bits per heavy atom. The van der Waals surface area contributed by atoms with Crippen LogP contribution in [0.5, 0.6) is 0 Å². The molecule has 0 aliphatic heterocycles. The summed E-state index contributed by atoms with van der Waals surface area (Å²) in [5, 5.41) is 10.3. The predicted molar refractivity (Wildman–Crippen MR) is 74.5 cm³/mol. The molecule has 108 valence electrons. The van der Waals surface area contributed by atoms with Crippen molar-refractivity contribution in [3.63, 3.8) is 0 Å². The summed E-state index contributed by atoms with van der Waals surface area (Å²) in [6.45, 7) is 2.92. The maximum atomic E-state index is 13.3. The normalized spacial score (nSPS) is 11.5. The molecule has 0 unspecified atom stereocenters. The van der Waals surface area contributed by atoms with Crippen LogP contribution in [0.1, 0.15) is 12.5 Å². The van der Waals surface area contributed by atoms with Gasteiger partial charge in [0.2, 0.25) is 5.13 Å². The molecule has 6 nitrogen and oxygen atoms in total. The van der Waals surface area contributed by atoms with Crippen molar-refractivity contribution in [2.24, 2.45) is 0 Å². The lowest BCUT2D eigenvalue weighted by Crippen LogP contribution is -2.19. The molecule has 1 aromatic heterocycles. The molecule has 0 atom stereocenters. The van der Waals surface area contributed by atoms with Crippen LogP contribution in [0.2, 0.25) is 0 Å². The summed E-state index contributed by atoms with van der Waals surface area (Å²) in [7, 11) is -3.89. The quantitative estimate of drug-likeness (QED) is 0.845. The average Bonchev–Trinajstić information content (AvgIpc) is 2.89. The highest BCUT2D eigenvalue weighted by molar-refractivity contribution is 7.93. The first-order valence-corrected chi connectivity index (χ1v) is 8.17. The first kappa shape index (κ1) is 14.8. The van der Waals surface area contributed by atoms with Gasteiger partial charge in [0.1, 0.15) is 11.3 Å². The molecule has 0 radical (unpaired) electrons. The van der Waals surface area contributed by atoms with Gasteiger partial charge in [0.15, 0.2) is 0 Å². The summed E-state index contributed by atoms with van der Waals surface area (Å²) in [5.41, 5.74) is 1.90. The van der Waals surface area contributed by atoms with Crippen molar-refractivity contribution in [1.29, 1.82) is 0 Å². The average molecular weight is 316 g/mol. The Balaban J connectivity index is 2.36. The molecule has 1 heterocycles. The van der Waals surface area contributed by atoms with Gasteiger partial charge in [0.05, 0.1) is 4.90 Å². The Labute approximate surface area is 120 Å². The minimum Gasteiger partial charge on any atom is -0.313 e. The van der Waals surface area contributed by atoms with Crippen LogP contribution in [0.15, 0.2) is 28.6 Å². The monoisotopic (exact) mass is 316 g/mol. The lowest BCUT2D eigenvalue weighted by Gasteiger charge is -2.11. The third-order valence-electron chi connectivity index (χ3n) is 2.47. The Hall–Kier alpha value is -1.58. The van der Waals surface area contributed by atoms with Crippen LogP contribution >= 0.6 is 11.3 Å². The first-order valence-electron chi connectivity index (χ1n) is 5.81. The van der Waals surface area contributed by atoms with E-state index in [1.54, 1.807) is 0 Å². The van der Waals surface area contributed by atoms with Gasteiger partial charge in [0.25, 0.3) is 10.0 Å². The minimum atomic E-state index is -3.89. The largest absolute Gasteiger partial charge is 0.313 e. The summed E-state index contributed by atoms with van der Waals surface area (Å²) in [4.78, 5) is -0.103. The Morgan fingerprint density at radius 2 is 2.20 bits per heavy atom. The van der Waals surface area contributed by atoms with Gasteiger partial charge < -0.3 is 5.32 Å². The van der Waals surface area contributed by atoms with E-state index in [1.807, 2.05) is 6.92 Å². The molecule has 0 amide bonds. The van der Waals surface area contributed by atoms with Gasteiger partial charge >= 0.3 is 0 Å². The SMILES string of the molecule is CCNCc1ccc(F)cc1S(=O)(=O)Nc1nncs1. The third kappa shape index (κ3) is 3.50. The minimum absolute atomic E-state index is 0.103. The van der Waals surface area contributed by atoms with E-state index in [4.69, 9.17) is 0 Å². The van der Waals surface area contributed by atoms with Crippen LogP contribution in [0.4, 0.5) is 9.52 Å². The van der Waals surface area contributed by atoms with Gasteiger partial charge in [-0.2, -0.15) is 0 Å². The molecule has 0 aliphatic carbocycles. The number of aromatic nitrogens is 2. The molecule has 0 spiro atoms. The molecule has 0 bridgehead atoms. The van der Waals surface area contributed by atoms with Gasteiger partial charge in [-0.05, 0) is 24.2 Å². The zero-order valence-corrected chi connectivity index (χ0v) is 12.3. The molecule has 0 aliphatic rings. The van der Waals surface area contributed by atoms with E-state index in [0.29, 0.717) is 18.7 Å². The fraction of sp³-hybridized carbons (Fsp3) is 0.273. The van der Waals surface area contributed by atoms with Crippen LogP contribution in [0.3, 0.4) is 0 Å². The molecule has 0 fully saturated rings. The standard InChI is InChI=1S/C11H13FN4O2S2/c1-2-13-6-8-3-4-9(12)5-10(8)20(17,18)16-11-15-14-7-19-11/h3-5,7,13H,2,6H2,1H3,(H,15,16). The molecule has 1 aromatic carbocycles. The van der Waals surface area contributed by atoms with E-state index in [9.17, 15) is 12.8 Å². The van der Waals surface area contributed by atoms with E-state index < -0.39 is 15.8 Å². The summed E-state index contributed by atoms with van der Waals surface area (Å²) < 4.78 is 40.2. The number of hydrogen-bond acceptors (Lipinski definition) is 6. The van der Waals surface area contributed by atoms with Crippen LogP contribution in [0, 0.1) is 5.82 Å². The van der Waals surface area contributed by atoms with E-state index in [2.05, 4.69) is 20.2 Å². The fourth-order valence-electron chi connectivity index (χ4n) is 1.57.